The Morgan fingerprint density at radius 1 is 0.562 bits per heavy atom. The van der Waals surface area contributed by atoms with Crippen molar-refractivity contribution in [2.75, 3.05) is 0 Å². The summed E-state index contributed by atoms with van der Waals surface area (Å²) in [6.07, 6.45) is 0. The summed E-state index contributed by atoms with van der Waals surface area (Å²) in [5, 5.41) is 2.70. The van der Waals surface area contributed by atoms with Crippen LogP contribution in [0.15, 0.2) is 107 Å². The van der Waals surface area contributed by atoms with Crippen LogP contribution in [-0.2, 0) is 5.41 Å². The zero-order valence-electron chi connectivity index (χ0n) is 18.1. The van der Waals surface area contributed by atoms with Crippen molar-refractivity contribution in [2.45, 2.75) is 29.1 Å². The summed E-state index contributed by atoms with van der Waals surface area (Å²) in [5.74, 6) is 0. The van der Waals surface area contributed by atoms with Crippen LogP contribution in [0.5, 0.6) is 0 Å². The summed E-state index contributed by atoms with van der Waals surface area (Å²) in [5.41, 5.74) is 11.0. The van der Waals surface area contributed by atoms with Crippen LogP contribution in [0.25, 0.3) is 44.2 Å². The molecule has 0 bridgehead atoms. The molecule has 0 atom stereocenters. The lowest BCUT2D eigenvalue weighted by Crippen LogP contribution is -2.14. The lowest BCUT2D eigenvalue weighted by atomic mass is 9.82. The van der Waals surface area contributed by atoms with Gasteiger partial charge < -0.3 is 0 Å². The molecule has 5 aromatic carbocycles. The van der Waals surface area contributed by atoms with E-state index >= 15 is 0 Å². The molecule has 0 radical (unpaired) electrons. The first-order valence-corrected chi connectivity index (χ1v) is 12.0. The second kappa shape index (κ2) is 6.37. The standard InChI is InChI=1S/C31H22S/c1-31(2)25-14-5-3-11-24(25)30-21(12-8-15-26(30)31)20-17-19-9-7-13-23-22-10-4-6-16-27(22)32-28(18-20)29(19)23/h3-18H,1-2H3. The molecule has 1 heterocycles. The highest BCUT2D eigenvalue weighted by molar-refractivity contribution is 7.99. The topological polar surface area (TPSA) is 0 Å². The summed E-state index contributed by atoms with van der Waals surface area (Å²) in [6, 6.07) is 36.1. The minimum atomic E-state index is 0.0217. The van der Waals surface area contributed by atoms with Crippen molar-refractivity contribution >= 4 is 22.5 Å². The second-order valence-corrected chi connectivity index (χ2v) is 10.5. The maximum atomic E-state index is 2.41. The van der Waals surface area contributed by atoms with Crippen molar-refractivity contribution in [3.63, 3.8) is 0 Å². The highest BCUT2D eigenvalue weighted by atomic mass is 32.2. The smallest absolute Gasteiger partial charge is 0.0213 e. The van der Waals surface area contributed by atoms with Crippen LogP contribution in [0, 0.1) is 0 Å². The first-order chi connectivity index (χ1) is 15.6. The maximum Gasteiger partial charge on any atom is 0.0213 e. The van der Waals surface area contributed by atoms with Gasteiger partial charge >= 0.3 is 0 Å². The molecule has 7 rings (SSSR count). The van der Waals surface area contributed by atoms with Gasteiger partial charge in [-0.3, -0.25) is 0 Å². The van der Waals surface area contributed by atoms with E-state index < -0.39 is 0 Å². The first-order valence-electron chi connectivity index (χ1n) is 11.2. The number of benzene rings is 5. The van der Waals surface area contributed by atoms with E-state index in [0.29, 0.717) is 0 Å². The van der Waals surface area contributed by atoms with E-state index in [-0.39, 0.29) is 5.41 Å². The van der Waals surface area contributed by atoms with Gasteiger partial charge in [0.15, 0.2) is 0 Å². The van der Waals surface area contributed by atoms with Gasteiger partial charge in [0, 0.05) is 20.6 Å². The van der Waals surface area contributed by atoms with Crippen LogP contribution in [0.4, 0.5) is 0 Å². The van der Waals surface area contributed by atoms with Crippen molar-refractivity contribution in [1.29, 1.82) is 0 Å². The molecule has 0 amide bonds. The van der Waals surface area contributed by atoms with E-state index in [0.717, 1.165) is 0 Å². The molecule has 5 aromatic rings. The van der Waals surface area contributed by atoms with Crippen LogP contribution in [-0.4, -0.2) is 0 Å². The molecule has 1 aliphatic carbocycles. The monoisotopic (exact) mass is 426 g/mol. The molecule has 0 N–H and O–H groups in total. The summed E-state index contributed by atoms with van der Waals surface area (Å²) in [6.45, 7) is 4.70. The van der Waals surface area contributed by atoms with E-state index in [1.165, 1.54) is 65.1 Å². The highest BCUT2D eigenvalue weighted by Crippen LogP contribution is 2.54. The van der Waals surface area contributed by atoms with Crippen LogP contribution in [0.2, 0.25) is 0 Å². The number of hydrogen-bond donors (Lipinski definition) is 0. The minimum Gasteiger partial charge on any atom is -0.0888 e. The fourth-order valence-electron chi connectivity index (χ4n) is 5.74. The fraction of sp³-hybridized carbons (Fsp3) is 0.0968. The molecule has 0 spiro atoms. The predicted octanol–water partition coefficient (Wildman–Crippen LogP) is 8.94. The Morgan fingerprint density at radius 3 is 2.16 bits per heavy atom. The summed E-state index contributed by atoms with van der Waals surface area (Å²) in [7, 11) is 0. The van der Waals surface area contributed by atoms with E-state index in [1.807, 2.05) is 11.8 Å². The van der Waals surface area contributed by atoms with Crippen LogP contribution < -0.4 is 0 Å². The number of hydrogen-bond acceptors (Lipinski definition) is 1. The third-order valence-corrected chi connectivity index (χ3v) is 8.37. The summed E-state index contributed by atoms with van der Waals surface area (Å²) >= 11 is 1.90. The molecule has 0 saturated carbocycles. The maximum absolute atomic E-state index is 2.41. The SMILES string of the molecule is CC1(C)c2ccccc2-c2c(-c3cc4c5c(cccc5c3)-c3ccccc3S4)cccc21. The average Bonchev–Trinajstić information content (AvgIpc) is 3.06. The summed E-state index contributed by atoms with van der Waals surface area (Å²) < 4.78 is 0. The Morgan fingerprint density at radius 2 is 1.25 bits per heavy atom. The highest BCUT2D eigenvalue weighted by Gasteiger charge is 2.36. The molecule has 32 heavy (non-hydrogen) atoms. The van der Waals surface area contributed by atoms with Gasteiger partial charge in [-0.05, 0) is 68.1 Å². The zero-order chi connectivity index (χ0) is 21.4. The lowest BCUT2D eigenvalue weighted by Gasteiger charge is -2.23. The zero-order valence-corrected chi connectivity index (χ0v) is 19.0. The molecule has 0 fully saturated rings. The van der Waals surface area contributed by atoms with Crippen LogP contribution >= 0.6 is 11.8 Å². The molecule has 0 saturated heterocycles. The predicted molar refractivity (Wildman–Crippen MR) is 137 cm³/mol. The normalized spacial score (nSPS) is 14.7. The Bertz CT molecular complexity index is 1570. The van der Waals surface area contributed by atoms with E-state index in [4.69, 9.17) is 0 Å². The molecule has 2 aliphatic rings. The third kappa shape index (κ3) is 2.35. The van der Waals surface area contributed by atoms with Crippen molar-refractivity contribution in [3.05, 3.63) is 108 Å². The fourth-order valence-corrected chi connectivity index (χ4v) is 6.93. The summed E-state index contributed by atoms with van der Waals surface area (Å²) in [4.78, 5) is 2.70. The van der Waals surface area contributed by atoms with Crippen molar-refractivity contribution in [3.8, 4) is 33.4 Å². The van der Waals surface area contributed by atoms with Gasteiger partial charge in [-0.25, -0.2) is 0 Å². The number of rotatable bonds is 1. The average molecular weight is 427 g/mol. The lowest BCUT2D eigenvalue weighted by molar-refractivity contribution is 0.660. The quantitative estimate of drug-likeness (QED) is 0.253. The van der Waals surface area contributed by atoms with Gasteiger partial charge in [0.05, 0.1) is 0 Å². The molecule has 1 heteroatoms. The largest absolute Gasteiger partial charge is 0.0888 e. The molecule has 0 aromatic heterocycles. The van der Waals surface area contributed by atoms with E-state index in [9.17, 15) is 0 Å². The van der Waals surface area contributed by atoms with E-state index in [2.05, 4.69) is 111 Å². The van der Waals surface area contributed by atoms with Gasteiger partial charge in [0.25, 0.3) is 0 Å². The minimum absolute atomic E-state index is 0.0217. The molecule has 1 aliphatic heterocycles. The molecule has 152 valence electrons. The number of fused-ring (bicyclic) bond motifs is 5. The van der Waals surface area contributed by atoms with E-state index in [1.54, 1.807) is 0 Å². The van der Waals surface area contributed by atoms with Crippen LogP contribution in [0.1, 0.15) is 25.0 Å². The van der Waals surface area contributed by atoms with Crippen molar-refractivity contribution in [1.82, 2.24) is 0 Å². The van der Waals surface area contributed by atoms with Gasteiger partial charge in [0.1, 0.15) is 0 Å². The Hall–Kier alpha value is -3.29. The first kappa shape index (κ1) is 18.3. The molecule has 0 nitrogen and oxygen atoms in total. The molecular formula is C31H22S. The van der Waals surface area contributed by atoms with Crippen LogP contribution in [0.3, 0.4) is 0 Å². The van der Waals surface area contributed by atoms with Crippen molar-refractivity contribution in [2.24, 2.45) is 0 Å². The van der Waals surface area contributed by atoms with Gasteiger partial charge in [-0.1, -0.05) is 104 Å². The Labute approximate surface area is 192 Å². The molecule has 0 unspecified atom stereocenters. The Kier molecular flexibility index (Phi) is 3.64. The molecular weight excluding hydrogens is 404 g/mol. The van der Waals surface area contributed by atoms with Gasteiger partial charge in [0.2, 0.25) is 0 Å². The van der Waals surface area contributed by atoms with Gasteiger partial charge in [-0.2, -0.15) is 0 Å². The second-order valence-electron chi connectivity index (χ2n) is 9.38. The Balaban J connectivity index is 1.52. The van der Waals surface area contributed by atoms with Gasteiger partial charge in [-0.15, -0.1) is 0 Å². The van der Waals surface area contributed by atoms with Crippen molar-refractivity contribution < 1.29 is 0 Å². The third-order valence-electron chi connectivity index (χ3n) is 7.26.